The van der Waals surface area contributed by atoms with Crippen LogP contribution in [0.15, 0.2) is 11.6 Å². The van der Waals surface area contributed by atoms with Gasteiger partial charge in [-0.2, -0.15) is 0 Å². The first-order valence-corrected chi connectivity index (χ1v) is 3.32. The summed E-state index contributed by atoms with van der Waals surface area (Å²) in [6.07, 6.45) is 2.57. The van der Waals surface area contributed by atoms with Crippen LogP contribution in [0.1, 0.15) is 13.3 Å². The number of carbonyl (C=O) groups excluding carboxylic acids is 1. The van der Waals surface area contributed by atoms with E-state index in [4.69, 9.17) is 4.84 Å². The van der Waals surface area contributed by atoms with Gasteiger partial charge in [-0.1, -0.05) is 6.08 Å². The number of allylic oxidation sites excluding steroid dienone is 1. The summed E-state index contributed by atoms with van der Waals surface area (Å²) in [7, 11) is 1.63. The molecule has 10 heavy (non-hydrogen) atoms. The van der Waals surface area contributed by atoms with Crippen molar-refractivity contribution in [3.05, 3.63) is 11.6 Å². The molecule has 56 valence electrons. The number of carbonyl (C=O) groups is 1. The fourth-order valence-electron chi connectivity index (χ4n) is 0.928. The quantitative estimate of drug-likeness (QED) is 0.465. The summed E-state index contributed by atoms with van der Waals surface area (Å²) in [5.41, 5.74) is 0.841. The predicted molar refractivity (Wildman–Crippen MR) is 37.1 cm³/mol. The zero-order valence-corrected chi connectivity index (χ0v) is 6.26. The number of likely N-dealkylation sites (N-methyl/N-ethyl adjacent to an activating group) is 1. The molecule has 1 aliphatic rings. The van der Waals surface area contributed by atoms with Gasteiger partial charge in [0.05, 0.1) is 6.61 Å². The minimum atomic E-state index is -0.0197. The van der Waals surface area contributed by atoms with Crippen molar-refractivity contribution in [3.8, 4) is 0 Å². The maximum atomic E-state index is 11.1. The van der Waals surface area contributed by atoms with Crippen LogP contribution in [-0.4, -0.2) is 24.6 Å². The van der Waals surface area contributed by atoms with Crippen LogP contribution in [0.25, 0.3) is 0 Å². The number of hydrogen-bond acceptors (Lipinski definition) is 2. The molecule has 3 nitrogen and oxygen atoms in total. The molecule has 0 aliphatic carbocycles. The monoisotopic (exact) mass is 141 g/mol. The third-order valence-corrected chi connectivity index (χ3v) is 1.57. The number of rotatable bonds is 0. The molecular weight excluding hydrogens is 130 g/mol. The second kappa shape index (κ2) is 2.84. The van der Waals surface area contributed by atoms with E-state index in [-0.39, 0.29) is 5.91 Å². The topological polar surface area (TPSA) is 29.5 Å². The number of amides is 1. The molecule has 1 saturated heterocycles. The molecule has 1 heterocycles. The fraction of sp³-hybridized carbons (Fsp3) is 0.571. The van der Waals surface area contributed by atoms with E-state index in [9.17, 15) is 4.79 Å². The molecule has 3 heteroatoms. The molecule has 1 rings (SSSR count). The van der Waals surface area contributed by atoms with Gasteiger partial charge in [0.25, 0.3) is 5.91 Å². The highest BCUT2D eigenvalue weighted by Crippen LogP contribution is 2.11. The van der Waals surface area contributed by atoms with Crippen LogP contribution >= 0.6 is 0 Å². The molecule has 1 aliphatic heterocycles. The lowest BCUT2D eigenvalue weighted by Crippen LogP contribution is -2.33. The molecule has 0 bridgehead atoms. The molecule has 0 aromatic heterocycles. The van der Waals surface area contributed by atoms with Gasteiger partial charge in [0.2, 0.25) is 0 Å². The van der Waals surface area contributed by atoms with Crippen LogP contribution in [0, 0.1) is 0 Å². The van der Waals surface area contributed by atoms with E-state index in [0.717, 1.165) is 12.0 Å². The van der Waals surface area contributed by atoms with E-state index < -0.39 is 0 Å². The molecule has 0 unspecified atom stereocenters. The molecule has 0 spiro atoms. The Labute approximate surface area is 60.2 Å². The highest BCUT2D eigenvalue weighted by molar-refractivity contribution is 5.92. The Kier molecular flexibility index (Phi) is 2.06. The van der Waals surface area contributed by atoms with Crippen molar-refractivity contribution in [2.24, 2.45) is 0 Å². The highest BCUT2D eigenvalue weighted by Gasteiger charge is 2.19. The van der Waals surface area contributed by atoms with Gasteiger partial charge in [-0.05, 0) is 6.92 Å². The summed E-state index contributed by atoms with van der Waals surface area (Å²) in [6, 6.07) is 0. The number of nitrogens with zero attached hydrogens (tertiary/aromatic N) is 1. The SMILES string of the molecule is CC=C1CCON(C)C1=O. The second-order valence-electron chi connectivity index (χ2n) is 2.20. The van der Waals surface area contributed by atoms with Gasteiger partial charge in [0.15, 0.2) is 0 Å². The van der Waals surface area contributed by atoms with Gasteiger partial charge in [-0.15, -0.1) is 0 Å². The van der Waals surface area contributed by atoms with Crippen LogP contribution in [0.4, 0.5) is 0 Å². The van der Waals surface area contributed by atoms with Crippen molar-refractivity contribution < 1.29 is 9.63 Å². The van der Waals surface area contributed by atoms with Crippen molar-refractivity contribution in [1.29, 1.82) is 0 Å². The van der Waals surface area contributed by atoms with Crippen LogP contribution < -0.4 is 0 Å². The predicted octanol–water partition coefficient (Wildman–Crippen LogP) is 0.726. The molecule has 0 atom stereocenters. The van der Waals surface area contributed by atoms with Crippen molar-refractivity contribution in [2.75, 3.05) is 13.7 Å². The van der Waals surface area contributed by atoms with Crippen molar-refractivity contribution in [3.63, 3.8) is 0 Å². The smallest absolute Gasteiger partial charge is 0.271 e. The van der Waals surface area contributed by atoms with Crippen LogP contribution in [-0.2, 0) is 9.63 Å². The highest BCUT2D eigenvalue weighted by atomic mass is 16.7. The van der Waals surface area contributed by atoms with Crippen LogP contribution in [0.3, 0.4) is 0 Å². The Balaban J connectivity index is 2.69. The van der Waals surface area contributed by atoms with E-state index >= 15 is 0 Å². The van der Waals surface area contributed by atoms with Crippen molar-refractivity contribution in [2.45, 2.75) is 13.3 Å². The minimum absolute atomic E-state index is 0.0197. The number of hydrogen-bond donors (Lipinski definition) is 0. The molecule has 0 saturated carbocycles. The average Bonchev–Trinajstić information content (AvgIpc) is 1.95. The van der Waals surface area contributed by atoms with Gasteiger partial charge >= 0.3 is 0 Å². The third kappa shape index (κ3) is 1.19. The number of hydroxylamine groups is 2. The van der Waals surface area contributed by atoms with Crippen molar-refractivity contribution in [1.82, 2.24) is 5.06 Å². The molecule has 0 radical (unpaired) electrons. The van der Waals surface area contributed by atoms with E-state index in [2.05, 4.69) is 0 Å². The lowest BCUT2D eigenvalue weighted by molar-refractivity contribution is -0.181. The Morgan fingerprint density at radius 2 is 2.40 bits per heavy atom. The molecule has 0 aromatic carbocycles. The van der Waals surface area contributed by atoms with Gasteiger partial charge in [-0.3, -0.25) is 9.63 Å². The van der Waals surface area contributed by atoms with Gasteiger partial charge in [0, 0.05) is 19.0 Å². The molecule has 1 amide bonds. The summed E-state index contributed by atoms with van der Waals surface area (Å²) in [6.45, 7) is 2.48. The van der Waals surface area contributed by atoms with Gasteiger partial charge in [0.1, 0.15) is 0 Å². The van der Waals surface area contributed by atoms with E-state index in [1.807, 2.05) is 13.0 Å². The van der Waals surface area contributed by atoms with Gasteiger partial charge < -0.3 is 0 Å². The van der Waals surface area contributed by atoms with E-state index in [1.165, 1.54) is 5.06 Å². The Morgan fingerprint density at radius 3 is 2.90 bits per heavy atom. The largest absolute Gasteiger partial charge is 0.272 e. The Hall–Kier alpha value is -0.830. The molecular formula is C7H11NO2. The summed E-state index contributed by atoms with van der Waals surface area (Å²) in [4.78, 5) is 16.1. The van der Waals surface area contributed by atoms with E-state index in [0.29, 0.717) is 6.61 Å². The molecule has 0 N–H and O–H groups in total. The Bertz CT molecular complexity index is 174. The maximum absolute atomic E-state index is 11.1. The summed E-state index contributed by atoms with van der Waals surface area (Å²) in [5.74, 6) is -0.0197. The second-order valence-corrected chi connectivity index (χ2v) is 2.20. The standard InChI is InChI=1S/C7H11NO2/c1-3-6-4-5-10-8(2)7(6)9/h3H,4-5H2,1-2H3. The average molecular weight is 141 g/mol. The first-order valence-electron chi connectivity index (χ1n) is 3.32. The first-order chi connectivity index (χ1) is 4.75. The first kappa shape index (κ1) is 7.28. The van der Waals surface area contributed by atoms with E-state index in [1.54, 1.807) is 7.05 Å². The minimum Gasteiger partial charge on any atom is -0.271 e. The molecule has 1 fully saturated rings. The Morgan fingerprint density at radius 1 is 1.70 bits per heavy atom. The molecule has 0 aromatic rings. The summed E-state index contributed by atoms with van der Waals surface area (Å²) in [5, 5.41) is 1.28. The lowest BCUT2D eigenvalue weighted by Gasteiger charge is -2.23. The fourth-order valence-corrected chi connectivity index (χ4v) is 0.928. The van der Waals surface area contributed by atoms with Crippen molar-refractivity contribution >= 4 is 5.91 Å². The zero-order valence-electron chi connectivity index (χ0n) is 6.26. The lowest BCUT2D eigenvalue weighted by atomic mass is 10.1. The third-order valence-electron chi connectivity index (χ3n) is 1.57. The zero-order chi connectivity index (χ0) is 7.56. The summed E-state index contributed by atoms with van der Waals surface area (Å²) < 4.78 is 0. The van der Waals surface area contributed by atoms with Crippen LogP contribution in [0.2, 0.25) is 0 Å². The normalized spacial score (nSPS) is 24.0. The summed E-state index contributed by atoms with van der Waals surface area (Å²) >= 11 is 0. The van der Waals surface area contributed by atoms with Gasteiger partial charge in [-0.25, -0.2) is 5.06 Å². The van der Waals surface area contributed by atoms with Crippen LogP contribution in [0.5, 0.6) is 0 Å². The maximum Gasteiger partial charge on any atom is 0.272 e.